The van der Waals surface area contributed by atoms with E-state index in [0.29, 0.717) is 13.2 Å². The highest BCUT2D eigenvalue weighted by atomic mass is 16.5. The number of rotatable bonds is 7. The zero-order chi connectivity index (χ0) is 17.5. The van der Waals surface area contributed by atoms with E-state index in [4.69, 9.17) is 4.74 Å². The largest absolute Gasteiger partial charge is 0.491 e. The molecule has 0 atom stereocenters. The van der Waals surface area contributed by atoms with Gasteiger partial charge in [0.05, 0.1) is 18.8 Å². The number of aryl methyl sites for hydroxylation is 1. The van der Waals surface area contributed by atoms with Crippen molar-refractivity contribution in [3.05, 3.63) is 54.1 Å². The molecule has 132 valence electrons. The molecule has 0 saturated heterocycles. The monoisotopic (exact) mass is 338 g/mol. The van der Waals surface area contributed by atoms with Gasteiger partial charge in [0.1, 0.15) is 5.75 Å². The van der Waals surface area contributed by atoms with Gasteiger partial charge in [-0.2, -0.15) is 0 Å². The average Bonchev–Trinajstić information content (AvgIpc) is 2.64. The molecule has 3 rings (SSSR count). The second-order valence-corrected chi connectivity index (χ2v) is 6.40. The van der Waals surface area contributed by atoms with E-state index in [-0.39, 0.29) is 5.91 Å². The predicted molar refractivity (Wildman–Crippen MR) is 102 cm³/mol. The number of amides is 1. The Bertz CT molecular complexity index is 715. The first-order chi connectivity index (χ1) is 12.3. The van der Waals surface area contributed by atoms with Gasteiger partial charge in [-0.05, 0) is 43.0 Å². The van der Waals surface area contributed by atoms with E-state index in [0.717, 1.165) is 43.7 Å². The predicted octanol–water partition coefficient (Wildman–Crippen LogP) is 4.26. The van der Waals surface area contributed by atoms with Crippen LogP contribution < -0.4 is 15.0 Å². The number of nitrogens with zero attached hydrogens (tertiary/aromatic N) is 1. The Labute approximate surface area is 149 Å². The van der Waals surface area contributed by atoms with Crippen LogP contribution in [0, 0.1) is 0 Å². The number of para-hydroxylation sites is 3. The highest BCUT2D eigenvalue weighted by molar-refractivity contribution is 5.95. The molecule has 4 heteroatoms. The normalized spacial score (nSPS) is 13.2. The quantitative estimate of drug-likeness (QED) is 0.767. The van der Waals surface area contributed by atoms with Crippen LogP contribution in [-0.4, -0.2) is 25.6 Å². The lowest BCUT2D eigenvalue weighted by Gasteiger charge is -2.30. The van der Waals surface area contributed by atoms with Crippen molar-refractivity contribution >= 4 is 17.3 Å². The molecule has 2 aromatic carbocycles. The standard InChI is InChI=1S/C21H26N2O2/c1-2-3-15-25-20-13-7-5-11-18(20)22-21(24)16-23-14-8-10-17-9-4-6-12-19(17)23/h4-7,9,11-13H,2-3,8,10,14-16H2,1H3,(H,22,24). The molecule has 1 aliphatic heterocycles. The molecule has 0 unspecified atom stereocenters. The van der Waals surface area contributed by atoms with Crippen LogP contribution in [0.2, 0.25) is 0 Å². The summed E-state index contributed by atoms with van der Waals surface area (Å²) >= 11 is 0. The van der Waals surface area contributed by atoms with E-state index in [1.165, 1.54) is 11.3 Å². The summed E-state index contributed by atoms with van der Waals surface area (Å²) in [5.74, 6) is 0.728. The van der Waals surface area contributed by atoms with Crippen LogP contribution in [0.5, 0.6) is 5.75 Å². The maximum Gasteiger partial charge on any atom is 0.243 e. The number of hydrogen-bond acceptors (Lipinski definition) is 3. The van der Waals surface area contributed by atoms with Gasteiger partial charge >= 0.3 is 0 Å². The third kappa shape index (κ3) is 4.53. The smallest absolute Gasteiger partial charge is 0.243 e. The summed E-state index contributed by atoms with van der Waals surface area (Å²) in [6, 6.07) is 16.0. The van der Waals surface area contributed by atoms with Gasteiger partial charge in [0, 0.05) is 12.2 Å². The minimum Gasteiger partial charge on any atom is -0.491 e. The molecule has 1 aliphatic rings. The lowest BCUT2D eigenvalue weighted by atomic mass is 10.0. The topological polar surface area (TPSA) is 41.6 Å². The van der Waals surface area contributed by atoms with E-state index in [9.17, 15) is 4.79 Å². The third-order valence-electron chi connectivity index (χ3n) is 4.46. The molecule has 0 aliphatic carbocycles. The van der Waals surface area contributed by atoms with Crippen LogP contribution in [0.1, 0.15) is 31.7 Å². The Morgan fingerprint density at radius 1 is 1.16 bits per heavy atom. The molecule has 0 fully saturated rings. The summed E-state index contributed by atoms with van der Waals surface area (Å²) in [4.78, 5) is 14.7. The van der Waals surface area contributed by atoms with Crippen molar-refractivity contribution in [1.29, 1.82) is 0 Å². The van der Waals surface area contributed by atoms with Crippen molar-refractivity contribution < 1.29 is 9.53 Å². The van der Waals surface area contributed by atoms with Crippen molar-refractivity contribution in [2.45, 2.75) is 32.6 Å². The molecule has 4 nitrogen and oxygen atoms in total. The van der Waals surface area contributed by atoms with Crippen LogP contribution in [-0.2, 0) is 11.2 Å². The summed E-state index contributed by atoms with van der Waals surface area (Å²) < 4.78 is 5.80. The number of fused-ring (bicyclic) bond motifs is 1. The minimum absolute atomic E-state index is 0.0109. The summed E-state index contributed by atoms with van der Waals surface area (Å²) in [6.45, 7) is 4.08. The van der Waals surface area contributed by atoms with Gasteiger partial charge in [0.2, 0.25) is 5.91 Å². The fourth-order valence-corrected chi connectivity index (χ4v) is 3.16. The molecule has 0 aromatic heterocycles. The Balaban J connectivity index is 1.64. The average molecular weight is 338 g/mol. The molecule has 1 heterocycles. The fourth-order valence-electron chi connectivity index (χ4n) is 3.16. The fraction of sp³-hybridized carbons (Fsp3) is 0.381. The number of anilines is 2. The summed E-state index contributed by atoms with van der Waals surface area (Å²) in [7, 11) is 0. The SMILES string of the molecule is CCCCOc1ccccc1NC(=O)CN1CCCc2ccccc21. The number of carbonyl (C=O) groups excluding carboxylic acids is 1. The van der Waals surface area contributed by atoms with Crippen molar-refractivity contribution in [1.82, 2.24) is 0 Å². The number of benzene rings is 2. The van der Waals surface area contributed by atoms with Crippen LogP contribution in [0.15, 0.2) is 48.5 Å². The highest BCUT2D eigenvalue weighted by Crippen LogP contribution is 2.27. The first-order valence-electron chi connectivity index (χ1n) is 9.12. The molecule has 1 amide bonds. The van der Waals surface area contributed by atoms with Gasteiger partial charge in [0.25, 0.3) is 0 Å². The summed E-state index contributed by atoms with van der Waals surface area (Å²) in [6.07, 6.45) is 4.26. The zero-order valence-corrected chi connectivity index (χ0v) is 14.8. The molecule has 2 aromatic rings. The first-order valence-corrected chi connectivity index (χ1v) is 9.12. The first kappa shape index (κ1) is 17.3. The summed E-state index contributed by atoms with van der Waals surface area (Å²) in [5, 5.41) is 3.01. The maximum absolute atomic E-state index is 12.6. The Morgan fingerprint density at radius 2 is 1.96 bits per heavy atom. The minimum atomic E-state index is -0.0109. The second kappa shape index (κ2) is 8.56. The van der Waals surface area contributed by atoms with Gasteiger partial charge < -0.3 is 15.0 Å². The molecule has 0 spiro atoms. The molecule has 0 saturated carbocycles. The van der Waals surface area contributed by atoms with Gasteiger partial charge in [-0.3, -0.25) is 4.79 Å². The number of unbranched alkanes of at least 4 members (excludes halogenated alkanes) is 1. The number of ether oxygens (including phenoxy) is 1. The van der Waals surface area contributed by atoms with E-state index in [2.05, 4.69) is 35.3 Å². The van der Waals surface area contributed by atoms with Gasteiger partial charge in [-0.1, -0.05) is 43.7 Å². The van der Waals surface area contributed by atoms with Crippen molar-refractivity contribution in [2.24, 2.45) is 0 Å². The summed E-state index contributed by atoms with van der Waals surface area (Å²) in [5.41, 5.74) is 3.25. The Morgan fingerprint density at radius 3 is 2.84 bits per heavy atom. The van der Waals surface area contributed by atoms with Gasteiger partial charge in [-0.15, -0.1) is 0 Å². The van der Waals surface area contributed by atoms with Gasteiger partial charge in [0.15, 0.2) is 0 Å². The van der Waals surface area contributed by atoms with Crippen molar-refractivity contribution in [3.63, 3.8) is 0 Å². The number of carbonyl (C=O) groups is 1. The van der Waals surface area contributed by atoms with Crippen LogP contribution in [0.3, 0.4) is 0 Å². The lowest BCUT2D eigenvalue weighted by molar-refractivity contribution is -0.115. The Kier molecular flexibility index (Phi) is 5.94. The van der Waals surface area contributed by atoms with Crippen LogP contribution >= 0.6 is 0 Å². The molecule has 0 bridgehead atoms. The zero-order valence-electron chi connectivity index (χ0n) is 14.8. The lowest BCUT2D eigenvalue weighted by Crippen LogP contribution is -2.36. The third-order valence-corrected chi connectivity index (χ3v) is 4.46. The molecular formula is C21H26N2O2. The van der Waals surface area contributed by atoms with Crippen molar-refractivity contribution in [2.75, 3.05) is 29.9 Å². The molecule has 25 heavy (non-hydrogen) atoms. The number of hydrogen-bond donors (Lipinski definition) is 1. The van der Waals surface area contributed by atoms with Crippen LogP contribution in [0.25, 0.3) is 0 Å². The number of nitrogens with one attached hydrogen (secondary N) is 1. The van der Waals surface area contributed by atoms with E-state index >= 15 is 0 Å². The second-order valence-electron chi connectivity index (χ2n) is 6.40. The maximum atomic E-state index is 12.6. The Hall–Kier alpha value is -2.49. The highest BCUT2D eigenvalue weighted by Gasteiger charge is 2.19. The van der Waals surface area contributed by atoms with E-state index in [1.54, 1.807) is 0 Å². The molecular weight excluding hydrogens is 312 g/mol. The molecule has 1 N–H and O–H groups in total. The van der Waals surface area contributed by atoms with Crippen LogP contribution in [0.4, 0.5) is 11.4 Å². The van der Waals surface area contributed by atoms with Gasteiger partial charge in [-0.25, -0.2) is 0 Å². The van der Waals surface area contributed by atoms with Crippen molar-refractivity contribution in [3.8, 4) is 5.75 Å². The van der Waals surface area contributed by atoms with E-state index in [1.807, 2.05) is 30.3 Å². The van der Waals surface area contributed by atoms with E-state index < -0.39 is 0 Å². The molecule has 0 radical (unpaired) electrons.